The van der Waals surface area contributed by atoms with Gasteiger partial charge < -0.3 is 15.5 Å². The Kier molecular flexibility index (Phi) is 3.75. The molecule has 3 N–H and O–H groups in total. The first-order valence-electron chi connectivity index (χ1n) is 5.24. The van der Waals surface area contributed by atoms with Crippen LogP contribution in [-0.2, 0) is 6.42 Å². The second kappa shape index (κ2) is 5.29. The fourth-order valence-corrected chi connectivity index (χ4v) is 2.07. The fourth-order valence-electron chi connectivity index (χ4n) is 1.46. The predicted octanol–water partition coefficient (Wildman–Crippen LogP) is 2.39. The zero-order valence-electron chi connectivity index (χ0n) is 9.40. The number of nitrogens with zero attached hydrogens (tertiary/aromatic N) is 2. The highest BCUT2D eigenvalue weighted by atomic mass is 79.9. The topological polar surface area (TPSA) is 77.0 Å². The lowest BCUT2D eigenvalue weighted by atomic mass is 10.2. The number of nitrogens with one attached hydrogen (secondary N) is 1. The molecule has 0 amide bonds. The first kappa shape index (κ1) is 12.1. The molecule has 0 fully saturated rings. The number of anilines is 2. The molecule has 2 rings (SSSR count). The maximum atomic E-state index is 5.41. The summed E-state index contributed by atoms with van der Waals surface area (Å²) in [6.07, 6.45) is 0.589. The van der Waals surface area contributed by atoms with Crippen molar-refractivity contribution in [1.82, 2.24) is 10.2 Å². The Morgan fingerprint density at radius 2 is 2.18 bits per heavy atom. The van der Waals surface area contributed by atoms with Gasteiger partial charge in [-0.3, -0.25) is 0 Å². The average molecular weight is 297 g/mol. The molecule has 0 saturated carbocycles. The summed E-state index contributed by atoms with van der Waals surface area (Å²) in [5.41, 5.74) is 7.45. The monoisotopic (exact) mass is 296 g/mol. The van der Waals surface area contributed by atoms with Crippen LogP contribution < -0.4 is 11.1 Å². The van der Waals surface area contributed by atoms with Gasteiger partial charge in [-0.25, -0.2) is 0 Å². The third-order valence-electron chi connectivity index (χ3n) is 2.12. The summed E-state index contributed by atoms with van der Waals surface area (Å²) < 4.78 is 6.38. The Hall–Kier alpha value is -1.40. The number of aryl methyl sites for hydroxylation is 1. The molecule has 1 aromatic carbocycles. The summed E-state index contributed by atoms with van der Waals surface area (Å²) in [7, 11) is 0. The lowest BCUT2D eigenvalue weighted by Gasteiger charge is -2.03. The van der Waals surface area contributed by atoms with Crippen molar-refractivity contribution in [3.05, 3.63) is 34.1 Å². The largest absolute Gasteiger partial charge is 0.408 e. The van der Waals surface area contributed by atoms with Gasteiger partial charge >= 0.3 is 6.01 Å². The van der Waals surface area contributed by atoms with Gasteiger partial charge in [0.2, 0.25) is 5.89 Å². The maximum Gasteiger partial charge on any atom is 0.320 e. The highest BCUT2D eigenvalue weighted by Gasteiger charge is 2.05. The molecule has 0 saturated heterocycles. The zero-order chi connectivity index (χ0) is 12.3. The van der Waals surface area contributed by atoms with Gasteiger partial charge in [0.05, 0.1) is 0 Å². The van der Waals surface area contributed by atoms with Crippen LogP contribution in [0.3, 0.4) is 0 Å². The van der Waals surface area contributed by atoms with E-state index in [0.717, 1.165) is 15.7 Å². The van der Waals surface area contributed by atoms with E-state index in [9.17, 15) is 0 Å². The minimum absolute atomic E-state index is 0.381. The first-order valence-corrected chi connectivity index (χ1v) is 6.03. The summed E-state index contributed by atoms with van der Waals surface area (Å²) >= 11 is 3.43. The van der Waals surface area contributed by atoms with E-state index in [1.165, 1.54) is 0 Å². The van der Waals surface area contributed by atoms with Gasteiger partial charge in [0.15, 0.2) is 0 Å². The van der Waals surface area contributed by atoms with Crippen LogP contribution in [0.4, 0.5) is 11.7 Å². The molecule has 6 heteroatoms. The smallest absolute Gasteiger partial charge is 0.320 e. The molecule has 0 atom stereocenters. The second-order valence-electron chi connectivity index (χ2n) is 3.68. The van der Waals surface area contributed by atoms with Gasteiger partial charge in [-0.1, -0.05) is 21.0 Å². The summed E-state index contributed by atoms with van der Waals surface area (Å²) in [6, 6.07) is 6.35. The van der Waals surface area contributed by atoms with E-state index in [1.54, 1.807) is 0 Å². The molecule has 0 aliphatic carbocycles. The van der Waals surface area contributed by atoms with E-state index in [0.29, 0.717) is 24.9 Å². The minimum Gasteiger partial charge on any atom is -0.408 e. The average Bonchev–Trinajstić information content (AvgIpc) is 2.64. The fraction of sp³-hybridized carbons (Fsp3) is 0.273. The Bertz CT molecular complexity index is 492. The maximum absolute atomic E-state index is 5.41. The lowest BCUT2D eigenvalue weighted by molar-refractivity contribution is 0.510. The highest BCUT2D eigenvalue weighted by Crippen LogP contribution is 2.22. The molecular formula is C11H13BrN4O. The molecule has 0 aliphatic rings. The van der Waals surface area contributed by atoms with Gasteiger partial charge in [-0.05, 0) is 30.7 Å². The normalized spacial score (nSPS) is 10.5. The molecule has 0 unspecified atom stereocenters. The molecule has 90 valence electrons. The Morgan fingerprint density at radius 1 is 1.35 bits per heavy atom. The van der Waals surface area contributed by atoms with Crippen molar-refractivity contribution in [3.8, 4) is 0 Å². The van der Waals surface area contributed by atoms with Crippen LogP contribution in [-0.4, -0.2) is 16.7 Å². The van der Waals surface area contributed by atoms with Crippen molar-refractivity contribution in [1.29, 1.82) is 0 Å². The number of benzene rings is 1. The quantitative estimate of drug-likeness (QED) is 0.906. The molecular weight excluding hydrogens is 284 g/mol. The summed E-state index contributed by atoms with van der Waals surface area (Å²) in [5.74, 6) is 0.543. The lowest BCUT2D eigenvalue weighted by Crippen LogP contribution is -2.02. The predicted molar refractivity (Wildman–Crippen MR) is 69.2 cm³/mol. The van der Waals surface area contributed by atoms with Crippen molar-refractivity contribution in [2.45, 2.75) is 13.3 Å². The van der Waals surface area contributed by atoms with Gasteiger partial charge in [0.25, 0.3) is 0 Å². The number of aromatic nitrogens is 2. The van der Waals surface area contributed by atoms with E-state index in [4.69, 9.17) is 10.2 Å². The van der Waals surface area contributed by atoms with Crippen LogP contribution in [0.1, 0.15) is 11.5 Å². The molecule has 17 heavy (non-hydrogen) atoms. The molecule has 0 spiro atoms. The number of rotatable bonds is 4. The van der Waals surface area contributed by atoms with Crippen LogP contribution in [0.2, 0.25) is 0 Å². The Labute approximate surface area is 108 Å². The van der Waals surface area contributed by atoms with Crippen molar-refractivity contribution in [2.75, 3.05) is 11.9 Å². The van der Waals surface area contributed by atoms with Crippen LogP contribution >= 0.6 is 15.9 Å². The van der Waals surface area contributed by atoms with Gasteiger partial charge in [-0.2, -0.15) is 0 Å². The Balaban J connectivity index is 2.13. The minimum atomic E-state index is 0.381. The summed E-state index contributed by atoms with van der Waals surface area (Å²) in [4.78, 5) is 0. The van der Waals surface area contributed by atoms with Crippen LogP contribution in [0, 0.1) is 6.92 Å². The standard InChI is InChI=1S/C11H13BrN4O/c1-7-4-8(12)6-9(5-7)14-11-16-15-10(17-11)2-3-13/h4-6H,2-3,13H2,1H3,(H,14,16). The van der Waals surface area contributed by atoms with Gasteiger partial charge in [0.1, 0.15) is 0 Å². The van der Waals surface area contributed by atoms with Gasteiger partial charge in [0, 0.05) is 23.1 Å². The molecule has 5 nitrogen and oxygen atoms in total. The number of halogens is 1. The Morgan fingerprint density at radius 3 is 2.88 bits per heavy atom. The van der Waals surface area contributed by atoms with Crippen molar-refractivity contribution < 1.29 is 4.42 Å². The summed E-state index contributed by atoms with van der Waals surface area (Å²) in [6.45, 7) is 2.52. The molecule has 1 heterocycles. The van der Waals surface area contributed by atoms with E-state index in [2.05, 4.69) is 31.4 Å². The van der Waals surface area contributed by atoms with E-state index in [-0.39, 0.29) is 0 Å². The third-order valence-corrected chi connectivity index (χ3v) is 2.58. The van der Waals surface area contributed by atoms with Crippen LogP contribution in [0.5, 0.6) is 0 Å². The number of hydrogen-bond acceptors (Lipinski definition) is 5. The zero-order valence-corrected chi connectivity index (χ0v) is 11.0. The van der Waals surface area contributed by atoms with Crippen molar-refractivity contribution in [2.24, 2.45) is 5.73 Å². The number of nitrogens with two attached hydrogens (primary N) is 1. The SMILES string of the molecule is Cc1cc(Br)cc(Nc2nnc(CCN)o2)c1. The van der Waals surface area contributed by atoms with Crippen molar-refractivity contribution in [3.63, 3.8) is 0 Å². The van der Waals surface area contributed by atoms with Crippen molar-refractivity contribution >= 4 is 27.6 Å². The summed E-state index contributed by atoms with van der Waals surface area (Å²) in [5, 5.41) is 10.8. The van der Waals surface area contributed by atoms with E-state index >= 15 is 0 Å². The van der Waals surface area contributed by atoms with Gasteiger partial charge in [-0.15, -0.1) is 5.10 Å². The van der Waals surface area contributed by atoms with Crippen LogP contribution in [0.25, 0.3) is 0 Å². The molecule has 0 aliphatic heterocycles. The van der Waals surface area contributed by atoms with Crippen LogP contribution in [0.15, 0.2) is 27.1 Å². The van der Waals surface area contributed by atoms with E-state index < -0.39 is 0 Å². The second-order valence-corrected chi connectivity index (χ2v) is 4.60. The molecule has 1 aromatic heterocycles. The highest BCUT2D eigenvalue weighted by molar-refractivity contribution is 9.10. The number of hydrogen-bond donors (Lipinski definition) is 2. The molecule has 0 bridgehead atoms. The van der Waals surface area contributed by atoms with E-state index in [1.807, 2.05) is 25.1 Å². The first-order chi connectivity index (χ1) is 8.17. The molecule has 0 radical (unpaired) electrons. The third kappa shape index (κ3) is 3.28. The molecule has 2 aromatic rings.